The van der Waals surface area contributed by atoms with Crippen LogP contribution in [0.2, 0.25) is 5.02 Å². The summed E-state index contributed by atoms with van der Waals surface area (Å²) in [5.74, 6) is 0.129. The molecule has 0 radical (unpaired) electrons. The number of hydrogen-bond acceptors (Lipinski definition) is 3. The SMILES string of the molecule is CCOc1c(CCCl)cc(Cl)c(F)c1C1COC(=O)N1. The van der Waals surface area contributed by atoms with E-state index in [1.165, 1.54) is 6.07 Å². The molecular formula is C13H14Cl2FNO3. The fraction of sp³-hybridized carbons (Fsp3) is 0.462. The van der Waals surface area contributed by atoms with Crippen LogP contribution < -0.4 is 10.1 Å². The van der Waals surface area contributed by atoms with Crippen molar-refractivity contribution in [3.05, 3.63) is 28.0 Å². The number of carbonyl (C=O) groups excluding carboxylic acids is 1. The molecule has 1 heterocycles. The highest BCUT2D eigenvalue weighted by Crippen LogP contribution is 2.37. The quantitative estimate of drug-likeness (QED) is 0.845. The maximum absolute atomic E-state index is 14.3. The summed E-state index contributed by atoms with van der Waals surface area (Å²) >= 11 is 11.7. The molecule has 110 valence electrons. The molecule has 7 heteroatoms. The van der Waals surface area contributed by atoms with E-state index in [1.807, 2.05) is 0 Å². The van der Waals surface area contributed by atoms with Crippen LogP contribution in [-0.4, -0.2) is 25.2 Å². The number of alkyl carbamates (subject to hydrolysis) is 1. The van der Waals surface area contributed by atoms with Crippen LogP contribution in [0.4, 0.5) is 9.18 Å². The summed E-state index contributed by atoms with van der Waals surface area (Å²) in [4.78, 5) is 11.2. The topological polar surface area (TPSA) is 47.6 Å². The van der Waals surface area contributed by atoms with E-state index in [9.17, 15) is 9.18 Å². The average Bonchev–Trinajstić information content (AvgIpc) is 2.82. The molecule has 0 aliphatic carbocycles. The predicted octanol–water partition coefficient (Wildman–Crippen LogP) is 3.44. The lowest BCUT2D eigenvalue weighted by Gasteiger charge is -2.19. The van der Waals surface area contributed by atoms with Crippen molar-refractivity contribution >= 4 is 29.3 Å². The van der Waals surface area contributed by atoms with Gasteiger partial charge >= 0.3 is 6.09 Å². The molecule has 4 nitrogen and oxygen atoms in total. The van der Waals surface area contributed by atoms with Crippen molar-refractivity contribution in [2.24, 2.45) is 0 Å². The average molecular weight is 322 g/mol. The minimum atomic E-state index is -0.614. The number of carbonyl (C=O) groups is 1. The van der Waals surface area contributed by atoms with Gasteiger partial charge in [0, 0.05) is 5.88 Å². The molecule has 1 unspecified atom stereocenters. The summed E-state index contributed by atoms with van der Waals surface area (Å²) in [5, 5.41) is 2.51. The number of benzene rings is 1. The lowest BCUT2D eigenvalue weighted by molar-refractivity contribution is 0.176. The van der Waals surface area contributed by atoms with Crippen molar-refractivity contribution in [1.29, 1.82) is 0 Å². The number of cyclic esters (lactones) is 1. The molecule has 0 aromatic heterocycles. The zero-order valence-electron chi connectivity index (χ0n) is 10.8. The number of halogens is 3. The van der Waals surface area contributed by atoms with Gasteiger partial charge in [0.15, 0.2) is 5.82 Å². The standard InChI is InChI=1S/C13H14Cl2FNO3/c1-2-19-12-7(3-4-14)5-8(15)11(16)10(12)9-6-20-13(18)17-9/h5,9H,2-4,6H2,1H3,(H,17,18). The maximum Gasteiger partial charge on any atom is 0.407 e. The van der Waals surface area contributed by atoms with Gasteiger partial charge in [-0.15, -0.1) is 11.6 Å². The fourth-order valence-corrected chi connectivity index (χ4v) is 2.57. The summed E-state index contributed by atoms with van der Waals surface area (Å²) < 4.78 is 24.7. The number of aryl methyl sites for hydroxylation is 1. The largest absolute Gasteiger partial charge is 0.493 e. The minimum Gasteiger partial charge on any atom is -0.493 e. The van der Waals surface area contributed by atoms with Crippen LogP contribution in [-0.2, 0) is 11.2 Å². The number of alkyl halides is 1. The second-order valence-corrected chi connectivity index (χ2v) is 5.03. The van der Waals surface area contributed by atoms with Gasteiger partial charge in [0.1, 0.15) is 12.4 Å². The van der Waals surface area contributed by atoms with Crippen molar-refractivity contribution in [3.8, 4) is 5.75 Å². The van der Waals surface area contributed by atoms with Crippen LogP contribution in [0.15, 0.2) is 6.07 Å². The van der Waals surface area contributed by atoms with Gasteiger partial charge in [0.05, 0.1) is 23.2 Å². The van der Waals surface area contributed by atoms with E-state index in [2.05, 4.69) is 5.32 Å². The summed E-state index contributed by atoms with van der Waals surface area (Å²) in [6.45, 7) is 2.20. The number of ether oxygens (including phenoxy) is 2. The highest BCUT2D eigenvalue weighted by atomic mass is 35.5. The Morgan fingerprint density at radius 3 is 2.90 bits per heavy atom. The number of hydrogen-bond donors (Lipinski definition) is 1. The highest BCUT2D eigenvalue weighted by molar-refractivity contribution is 6.31. The molecule has 1 aromatic rings. The molecule has 1 aromatic carbocycles. The predicted molar refractivity (Wildman–Crippen MR) is 74.2 cm³/mol. The Balaban J connectivity index is 2.52. The van der Waals surface area contributed by atoms with E-state index < -0.39 is 18.0 Å². The Morgan fingerprint density at radius 2 is 2.35 bits per heavy atom. The van der Waals surface area contributed by atoms with Crippen molar-refractivity contribution in [3.63, 3.8) is 0 Å². The Bertz CT molecular complexity index is 525. The number of rotatable bonds is 5. The van der Waals surface area contributed by atoms with Gasteiger partial charge in [0.2, 0.25) is 0 Å². The first-order valence-electron chi connectivity index (χ1n) is 6.21. The molecule has 1 N–H and O–H groups in total. The summed E-state index contributed by atoms with van der Waals surface area (Å²) in [5.41, 5.74) is 0.926. The molecule has 1 aliphatic heterocycles. The van der Waals surface area contributed by atoms with Crippen molar-refractivity contribution in [1.82, 2.24) is 5.32 Å². The maximum atomic E-state index is 14.3. The molecule has 0 spiro atoms. The molecule has 20 heavy (non-hydrogen) atoms. The van der Waals surface area contributed by atoms with Crippen LogP contribution in [0.1, 0.15) is 24.1 Å². The van der Waals surface area contributed by atoms with Crippen LogP contribution in [0, 0.1) is 5.82 Å². The molecule has 1 saturated heterocycles. The third kappa shape index (κ3) is 2.94. The van der Waals surface area contributed by atoms with Gasteiger partial charge in [-0.1, -0.05) is 11.6 Å². The highest BCUT2D eigenvalue weighted by Gasteiger charge is 2.31. The van der Waals surface area contributed by atoms with Crippen LogP contribution in [0.5, 0.6) is 5.75 Å². The zero-order valence-corrected chi connectivity index (χ0v) is 12.4. The van der Waals surface area contributed by atoms with Gasteiger partial charge < -0.3 is 14.8 Å². The summed E-state index contributed by atoms with van der Waals surface area (Å²) in [6, 6.07) is 0.891. The Hall–Kier alpha value is -1.20. The van der Waals surface area contributed by atoms with Gasteiger partial charge in [-0.2, -0.15) is 0 Å². The molecule has 1 atom stereocenters. The molecular weight excluding hydrogens is 308 g/mol. The Morgan fingerprint density at radius 1 is 1.60 bits per heavy atom. The van der Waals surface area contributed by atoms with Gasteiger partial charge in [-0.25, -0.2) is 9.18 Å². The van der Waals surface area contributed by atoms with E-state index in [0.29, 0.717) is 30.2 Å². The Kier molecular flexibility index (Phi) is 4.94. The molecule has 0 bridgehead atoms. The third-order valence-corrected chi connectivity index (χ3v) is 3.42. The van der Waals surface area contributed by atoms with Gasteiger partial charge in [0.25, 0.3) is 0 Å². The summed E-state index contributed by atoms with van der Waals surface area (Å²) in [6.07, 6.45) is -0.0958. The van der Waals surface area contributed by atoms with Gasteiger partial charge in [-0.05, 0) is 25.0 Å². The van der Waals surface area contributed by atoms with Crippen LogP contribution in [0.25, 0.3) is 0 Å². The van der Waals surface area contributed by atoms with E-state index in [-0.39, 0.29) is 17.2 Å². The van der Waals surface area contributed by atoms with Crippen LogP contribution in [0.3, 0.4) is 0 Å². The second-order valence-electron chi connectivity index (χ2n) is 4.24. The number of amides is 1. The molecule has 0 saturated carbocycles. The van der Waals surface area contributed by atoms with E-state index in [4.69, 9.17) is 32.7 Å². The van der Waals surface area contributed by atoms with E-state index >= 15 is 0 Å². The lowest BCUT2D eigenvalue weighted by Crippen LogP contribution is -2.21. The first-order valence-corrected chi connectivity index (χ1v) is 7.12. The number of nitrogens with one attached hydrogen (secondary N) is 1. The normalized spacial score (nSPS) is 17.8. The Labute approximate surface area is 126 Å². The second kappa shape index (κ2) is 6.50. The zero-order chi connectivity index (χ0) is 14.7. The van der Waals surface area contributed by atoms with Crippen LogP contribution >= 0.6 is 23.2 Å². The van der Waals surface area contributed by atoms with E-state index in [0.717, 1.165) is 0 Å². The third-order valence-electron chi connectivity index (χ3n) is 2.96. The molecule has 1 aliphatic rings. The minimum absolute atomic E-state index is 0.0234. The smallest absolute Gasteiger partial charge is 0.407 e. The lowest BCUT2D eigenvalue weighted by atomic mass is 10.0. The van der Waals surface area contributed by atoms with Gasteiger partial charge in [-0.3, -0.25) is 0 Å². The van der Waals surface area contributed by atoms with Crippen molar-refractivity contribution < 1.29 is 18.7 Å². The summed E-state index contributed by atoms with van der Waals surface area (Å²) in [7, 11) is 0. The first kappa shape index (κ1) is 15.2. The monoisotopic (exact) mass is 321 g/mol. The van der Waals surface area contributed by atoms with E-state index in [1.54, 1.807) is 6.92 Å². The first-order chi connectivity index (χ1) is 9.58. The molecule has 1 fully saturated rings. The van der Waals surface area contributed by atoms with Crippen molar-refractivity contribution in [2.75, 3.05) is 19.1 Å². The molecule has 2 rings (SSSR count). The molecule has 1 amide bonds. The van der Waals surface area contributed by atoms with Crippen molar-refractivity contribution in [2.45, 2.75) is 19.4 Å². The fourth-order valence-electron chi connectivity index (χ4n) is 2.14.